The van der Waals surface area contributed by atoms with Crippen molar-refractivity contribution in [2.75, 3.05) is 5.73 Å². The van der Waals surface area contributed by atoms with E-state index in [9.17, 15) is 16.8 Å². The molecule has 0 radical (unpaired) electrons. The van der Waals surface area contributed by atoms with E-state index < -0.39 is 41.5 Å². The summed E-state index contributed by atoms with van der Waals surface area (Å²) in [6, 6.07) is 1.11. The summed E-state index contributed by atoms with van der Waals surface area (Å²) in [5.74, 6) is -0.783. The van der Waals surface area contributed by atoms with Crippen LogP contribution in [-0.2, 0) is 20.2 Å². The lowest BCUT2D eigenvalue weighted by molar-refractivity contribution is 0.460. The Morgan fingerprint density at radius 2 is 1.25 bits per heavy atom. The van der Waals surface area contributed by atoms with E-state index in [-0.39, 0.29) is 0 Å². The van der Waals surface area contributed by atoms with Gasteiger partial charge >= 0.3 is 0 Å². The molecule has 0 bridgehead atoms. The summed E-state index contributed by atoms with van der Waals surface area (Å²) in [5, 5.41) is 9.04. The smallest absolute Gasteiger partial charge is 0.296 e. The summed E-state index contributed by atoms with van der Waals surface area (Å²) in [6.07, 6.45) is 0. The number of phenolic OH excluding ortho intramolecular Hbond substituents is 1. The minimum absolute atomic E-state index is 0.555. The van der Waals surface area contributed by atoms with Crippen molar-refractivity contribution in [2.24, 2.45) is 0 Å². The highest BCUT2D eigenvalue weighted by Gasteiger charge is 2.24. The molecule has 0 heterocycles. The normalized spacial score (nSPS) is 12.6. The molecule has 0 atom stereocenters. The largest absolute Gasteiger partial charge is 0.508 e. The third kappa shape index (κ3) is 2.41. The zero-order chi connectivity index (χ0) is 12.7. The first-order valence-corrected chi connectivity index (χ1v) is 6.49. The maximum Gasteiger partial charge on any atom is 0.296 e. The van der Waals surface area contributed by atoms with Crippen LogP contribution in [0.3, 0.4) is 0 Å². The van der Waals surface area contributed by atoms with E-state index in [1.165, 1.54) is 0 Å². The summed E-state index contributed by atoms with van der Waals surface area (Å²) in [6.45, 7) is 0. The molecule has 0 aliphatic rings. The molecule has 0 fully saturated rings. The second kappa shape index (κ2) is 3.59. The zero-order valence-corrected chi connectivity index (χ0v) is 9.16. The van der Waals surface area contributed by atoms with Gasteiger partial charge in [0.1, 0.15) is 15.5 Å². The van der Waals surface area contributed by atoms with Gasteiger partial charge in [0.2, 0.25) is 0 Å². The van der Waals surface area contributed by atoms with Crippen LogP contribution in [-0.4, -0.2) is 31.0 Å². The molecule has 0 saturated carbocycles. The predicted molar refractivity (Wildman–Crippen MR) is 52.1 cm³/mol. The molecule has 5 N–H and O–H groups in total. The zero-order valence-electron chi connectivity index (χ0n) is 7.52. The Hall–Kier alpha value is -1.36. The molecule has 0 aromatic heterocycles. The van der Waals surface area contributed by atoms with Crippen molar-refractivity contribution < 1.29 is 31.0 Å². The first-order chi connectivity index (χ1) is 7.03. The van der Waals surface area contributed by atoms with Crippen LogP contribution in [0.1, 0.15) is 0 Å². The molecule has 1 aromatic carbocycles. The number of phenols is 1. The third-order valence-electron chi connectivity index (χ3n) is 1.64. The monoisotopic (exact) mass is 269 g/mol. The van der Waals surface area contributed by atoms with Crippen molar-refractivity contribution in [3.05, 3.63) is 12.1 Å². The van der Waals surface area contributed by atoms with Crippen LogP contribution in [0.15, 0.2) is 21.9 Å². The number of hydrogen-bond acceptors (Lipinski definition) is 6. The van der Waals surface area contributed by atoms with E-state index in [1.807, 2.05) is 0 Å². The fraction of sp³-hybridized carbons (Fsp3) is 0. The molecular weight excluding hydrogens is 262 g/mol. The molecule has 0 unspecified atom stereocenters. The first-order valence-electron chi connectivity index (χ1n) is 3.61. The van der Waals surface area contributed by atoms with Gasteiger partial charge in [0.15, 0.2) is 0 Å². The third-order valence-corrected chi connectivity index (χ3v) is 3.43. The van der Waals surface area contributed by atoms with Crippen LogP contribution in [0.25, 0.3) is 0 Å². The van der Waals surface area contributed by atoms with Gasteiger partial charge in [-0.25, -0.2) is 0 Å². The van der Waals surface area contributed by atoms with E-state index in [2.05, 4.69) is 0 Å². The van der Waals surface area contributed by atoms with Crippen LogP contribution in [0.5, 0.6) is 5.75 Å². The Labute approximate surface area is 90.8 Å². The summed E-state index contributed by atoms with van der Waals surface area (Å²) >= 11 is 0. The van der Waals surface area contributed by atoms with Crippen molar-refractivity contribution in [1.82, 2.24) is 0 Å². The molecule has 8 nitrogen and oxygen atoms in total. The number of hydrogen-bond donors (Lipinski definition) is 4. The van der Waals surface area contributed by atoms with Crippen LogP contribution in [0.2, 0.25) is 0 Å². The van der Waals surface area contributed by atoms with Gasteiger partial charge in [-0.2, -0.15) is 16.8 Å². The van der Waals surface area contributed by atoms with E-state index in [4.69, 9.17) is 19.9 Å². The summed E-state index contributed by atoms with van der Waals surface area (Å²) in [4.78, 5) is -2.00. The minimum atomic E-state index is -4.80. The Morgan fingerprint density at radius 1 is 0.938 bits per heavy atom. The Balaban J connectivity index is 3.78. The second-order valence-electron chi connectivity index (χ2n) is 2.81. The van der Waals surface area contributed by atoms with Crippen LogP contribution < -0.4 is 5.73 Å². The van der Waals surface area contributed by atoms with Crippen molar-refractivity contribution in [2.45, 2.75) is 9.79 Å². The lowest BCUT2D eigenvalue weighted by atomic mass is 10.3. The fourth-order valence-corrected chi connectivity index (χ4v) is 2.39. The molecular formula is C6H7NO7S2. The van der Waals surface area contributed by atoms with Crippen LogP contribution in [0, 0.1) is 0 Å². The summed E-state index contributed by atoms with van der Waals surface area (Å²) < 4.78 is 60.5. The van der Waals surface area contributed by atoms with E-state index >= 15 is 0 Å². The number of rotatable bonds is 2. The fourth-order valence-electron chi connectivity index (χ4n) is 1.01. The minimum Gasteiger partial charge on any atom is -0.508 e. The molecule has 1 rings (SSSR count). The van der Waals surface area contributed by atoms with Crippen molar-refractivity contribution in [3.63, 3.8) is 0 Å². The number of benzene rings is 1. The van der Waals surface area contributed by atoms with E-state index in [1.54, 1.807) is 0 Å². The maximum absolute atomic E-state index is 10.8. The van der Waals surface area contributed by atoms with Gasteiger partial charge in [-0.05, 0) is 0 Å². The van der Waals surface area contributed by atoms with Gasteiger partial charge in [0.05, 0.1) is 5.69 Å². The Kier molecular flexibility index (Phi) is 2.85. The molecule has 1 aromatic rings. The first kappa shape index (κ1) is 12.7. The van der Waals surface area contributed by atoms with Crippen molar-refractivity contribution in [3.8, 4) is 5.75 Å². The average molecular weight is 269 g/mol. The van der Waals surface area contributed by atoms with E-state index in [0.29, 0.717) is 12.1 Å². The molecule has 90 valence electrons. The molecule has 0 aliphatic heterocycles. The molecule has 0 spiro atoms. The van der Waals surface area contributed by atoms with Crippen LogP contribution in [0.4, 0.5) is 5.69 Å². The lowest BCUT2D eigenvalue weighted by Crippen LogP contribution is -2.09. The second-order valence-corrected chi connectivity index (χ2v) is 5.59. The topological polar surface area (TPSA) is 155 Å². The molecule has 16 heavy (non-hydrogen) atoms. The molecule has 0 saturated heterocycles. The Bertz CT molecular complexity index is 578. The molecule has 0 amide bonds. The standard InChI is InChI=1S/C6H7NO7S2/c7-6-4(15(9,10)11)1-3(8)2-5(6)16(12,13)14/h1-2,8H,7H2,(H,9,10,11)(H,12,13,14). The van der Waals surface area contributed by atoms with Gasteiger partial charge in [0, 0.05) is 12.1 Å². The Morgan fingerprint density at radius 3 is 1.50 bits per heavy atom. The van der Waals surface area contributed by atoms with Gasteiger partial charge in [0.25, 0.3) is 20.2 Å². The van der Waals surface area contributed by atoms with Crippen molar-refractivity contribution in [1.29, 1.82) is 0 Å². The maximum atomic E-state index is 10.8. The average Bonchev–Trinajstić information content (AvgIpc) is 2.04. The number of nitrogens with two attached hydrogens (primary N) is 1. The van der Waals surface area contributed by atoms with Crippen LogP contribution >= 0.6 is 0 Å². The highest BCUT2D eigenvalue weighted by Crippen LogP contribution is 2.30. The SMILES string of the molecule is Nc1c(S(=O)(=O)O)cc(O)cc1S(=O)(=O)O. The van der Waals surface area contributed by atoms with Gasteiger partial charge in [-0.3, -0.25) is 9.11 Å². The summed E-state index contributed by atoms with van der Waals surface area (Å²) in [5.41, 5.74) is 4.26. The van der Waals surface area contributed by atoms with Gasteiger partial charge in [-0.15, -0.1) is 0 Å². The lowest BCUT2D eigenvalue weighted by Gasteiger charge is -2.07. The number of aromatic hydroxyl groups is 1. The van der Waals surface area contributed by atoms with Gasteiger partial charge in [-0.1, -0.05) is 0 Å². The molecule has 0 aliphatic carbocycles. The quantitative estimate of drug-likeness (QED) is 0.317. The number of anilines is 1. The molecule has 10 heteroatoms. The summed E-state index contributed by atoms with van der Waals surface area (Å²) in [7, 11) is -9.60. The number of nitrogen functional groups attached to an aromatic ring is 1. The van der Waals surface area contributed by atoms with Gasteiger partial charge < -0.3 is 10.8 Å². The highest BCUT2D eigenvalue weighted by atomic mass is 32.2. The van der Waals surface area contributed by atoms with E-state index in [0.717, 1.165) is 0 Å². The predicted octanol–water partition coefficient (Wildman–Crippen LogP) is -0.532. The van der Waals surface area contributed by atoms with Crippen molar-refractivity contribution >= 4 is 25.9 Å². The highest BCUT2D eigenvalue weighted by molar-refractivity contribution is 7.87.